The maximum Gasteiger partial charge on any atom is 0.443 e. The summed E-state index contributed by atoms with van der Waals surface area (Å²) in [6.07, 6.45) is -3.02. The normalized spacial score (nSPS) is 23.7. The fourth-order valence-corrected chi connectivity index (χ4v) is 3.74. The smallest absolute Gasteiger partial charge is 0.350 e. The van der Waals surface area contributed by atoms with Crippen molar-refractivity contribution in [3.05, 3.63) is 28.1 Å². The Bertz CT molecular complexity index is 839. The number of likely N-dealkylation sites (N-methyl/N-ethyl adjacent to an activating group) is 1. The molecule has 3 atom stereocenters. The molecule has 148 valence electrons. The highest BCUT2D eigenvalue weighted by molar-refractivity contribution is 7.14. The van der Waals surface area contributed by atoms with Crippen LogP contribution in [-0.4, -0.2) is 50.9 Å². The standard InChI is InChI=1S/C15H16ClF4N5OS/c1-7-9(17)3-10(24(7)2)13(26)21-4-8-6-25(23-12(8)16)11-5-22-14(27-11)15(18,19)20/h5-7,9-10H,3-4H2,1-2H3,(H,21,26)/t7-,9+,10-/m0/s1. The Hall–Kier alpha value is -1.72. The number of carbonyl (C=O) groups excluding carboxylic acids is 1. The summed E-state index contributed by atoms with van der Waals surface area (Å²) < 4.78 is 52.9. The summed E-state index contributed by atoms with van der Waals surface area (Å²) in [5.41, 5.74) is 0.428. The Morgan fingerprint density at radius 1 is 1.48 bits per heavy atom. The lowest BCUT2D eigenvalue weighted by Crippen LogP contribution is -2.43. The maximum absolute atomic E-state index is 13.7. The van der Waals surface area contributed by atoms with Crippen molar-refractivity contribution in [1.29, 1.82) is 0 Å². The number of thiazole rings is 1. The van der Waals surface area contributed by atoms with Crippen LogP contribution >= 0.6 is 22.9 Å². The minimum absolute atomic E-state index is 0.0261. The van der Waals surface area contributed by atoms with E-state index in [-0.39, 0.29) is 35.1 Å². The molecule has 1 aliphatic heterocycles. The highest BCUT2D eigenvalue weighted by atomic mass is 35.5. The van der Waals surface area contributed by atoms with Gasteiger partial charge < -0.3 is 5.32 Å². The molecule has 1 N–H and O–H groups in total. The van der Waals surface area contributed by atoms with Gasteiger partial charge in [-0.1, -0.05) is 22.9 Å². The van der Waals surface area contributed by atoms with Crippen LogP contribution < -0.4 is 5.32 Å². The van der Waals surface area contributed by atoms with Crippen LogP contribution in [0.15, 0.2) is 12.4 Å². The van der Waals surface area contributed by atoms with E-state index in [9.17, 15) is 22.4 Å². The van der Waals surface area contributed by atoms with Crippen molar-refractivity contribution in [2.24, 2.45) is 0 Å². The van der Waals surface area contributed by atoms with E-state index in [4.69, 9.17) is 11.6 Å². The molecule has 1 aliphatic rings. The topological polar surface area (TPSA) is 63.1 Å². The zero-order valence-corrected chi connectivity index (χ0v) is 15.9. The van der Waals surface area contributed by atoms with Crippen LogP contribution in [0.1, 0.15) is 23.9 Å². The largest absolute Gasteiger partial charge is 0.443 e. The summed E-state index contributed by atoms with van der Waals surface area (Å²) in [5.74, 6) is -0.342. The predicted molar refractivity (Wildman–Crippen MR) is 91.6 cm³/mol. The molecule has 0 bridgehead atoms. The molecule has 1 saturated heterocycles. The average molecular weight is 426 g/mol. The van der Waals surface area contributed by atoms with Crippen molar-refractivity contribution in [2.75, 3.05) is 7.05 Å². The van der Waals surface area contributed by atoms with E-state index in [0.29, 0.717) is 16.9 Å². The van der Waals surface area contributed by atoms with Gasteiger partial charge in [-0.05, 0) is 14.0 Å². The molecule has 0 spiro atoms. The Balaban J connectivity index is 1.67. The van der Waals surface area contributed by atoms with E-state index in [1.54, 1.807) is 18.9 Å². The van der Waals surface area contributed by atoms with Crippen molar-refractivity contribution in [2.45, 2.75) is 44.3 Å². The average Bonchev–Trinajstić information content (AvgIpc) is 3.27. The summed E-state index contributed by atoms with van der Waals surface area (Å²) in [6, 6.07) is -0.930. The van der Waals surface area contributed by atoms with E-state index < -0.39 is 23.4 Å². The van der Waals surface area contributed by atoms with E-state index in [2.05, 4.69) is 15.4 Å². The second-order valence-corrected chi connectivity index (χ2v) is 7.65. The Morgan fingerprint density at radius 2 is 2.19 bits per heavy atom. The summed E-state index contributed by atoms with van der Waals surface area (Å²) in [6.45, 7) is 1.74. The second-order valence-electron chi connectivity index (χ2n) is 6.28. The third-order valence-electron chi connectivity index (χ3n) is 4.56. The zero-order chi connectivity index (χ0) is 19.9. The van der Waals surface area contributed by atoms with Gasteiger partial charge >= 0.3 is 6.18 Å². The summed E-state index contributed by atoms with van der Waals surface area (Å²) >= 11 is 6.45. The first kappa shape index (κ1) is 20.0. The molecule has 3 heterocycles. The Labute approximate surface area is 161 Å². The van der Waals surface area contributed by atoms with Gasteiger partial charge in [0.15, 0.2) is 10.2 Å². The highest BCUT2D eigenvalue weighted by Gasteiger charge is 2.40. The summed E-state index contributed by atoms with van der Waals surface area (Å²) in [4.78, 5) is 17.3. The molecule has 0 radical (unpaired) electrons. The second kappa shape index (κ2) is 7.36. The molecule has 0 aromatic carbocycles. The molecule has 0 saturated carbocycles. The first-order chi connectivity index (χ1) is 12.6. The Morgan fingerprint density at radius 3 is 2.74 bits per heavy atom. The van der Waals surface area contributed by atoms with Crippen LogP contribution in [0.5, 0.6) is 0 Å². The minimum Gasteiger partial charge on any atom is -0.350 e. The molecule has 0 aliphatic carbocycles. The van der Waals surface area contributed by atoms with E-state index >= 15 is 0 Å². The van der Waals surface area contributed by atoms with Gasteiger partial charge in [0, 0.05) is 30.8 Å². The van der Waals surface area contributed by atoms with E-state index in [1.807, 2.05) is 0 Å². The number of carbonyl (C=O) groups is 1. The van der Waals surface area contributed by atoms with Gasteiger partial charge in [0.2, 0.25) is 5.91 Å². The molecule has 2 aromatic heterocycles. The monoisotopic (exact) mass is 425 g/mol. The first-order valence-corrected chi connectivity index (χ1v) is 9.18. The number of hydrogen-bond donors (Lipinski definition) is 1. The number of amides is 1. The van der Waals surface area contributed by atoms with Crippen LogP contribution in [0.2, 0.25) is 5.15 Å². The number of aromatic nitrogens is 3. The minimum atomic E-state index is -4.53. The lowest BCUT2D eigenvalue weighted by molar-refractivity contribution is -0.137. The first-order valence-electron chi connectivity index (χ1n) is 7.99. The fraction of sp³-hybridized carbons (Fsp3) is 0.533. The maximum atomic E-state index is 13.7. The number of hydrogen-bond acceptors (Lipinski definition) is 5. The number of halogens is 5. The van der Waals surface area contributed by atoms with Crippen LogP contribution in [0.3, 0.4) is 0 Å². The van der Waals surface area contributed by atoms with E-state index in [1.165, 1.54) is 10.9 Å². The molecule has 1 fully saturated rings. The van der Waals surface area contributed by atoms with Gasteiger partial charge in [-0.3, -0.25) is 9.69 Å². The molecule has 2 aromatic rings. The van der Waals surface area contributed by atoms with Crippen LogP contribution in [-0.2, 0) is 17.5 Å². The number of likely N-dealkylation sites (tertiary alicyclic amines) is 1. The number of nitrogens with zero attached hydrogens (tertiary/aromatic N) is 4. The van der Waals surface area contributed by atoms with Gasteiger partial charge in [0.05, 0.1) is 12.2 Å². The quantitative estimate of drug-likeness (QED) is 0.765. The molecular formula is C15H16ClF4N5OS. The Kier molecular flexibility index (Phi) is 5.46. The lowest BCUT2D eigenvalue weighted by Gasteiger charge is -2.22. The molecule has 0 unspecified atom stereocenters. The van der Waals surface area contributed by atoms with Gasteiger partial charge in [0.25, 0.3) is 0 Å². The number of nitrogens with one attached hydrogen (secondary N) is 1. The lowest BCUT2D eigenvalue weighted by atomic mass is 10.1. The molecule has 1 amide bonds. The van der Waals surface area contributed by atoms with Gasteiger partial charge in [-0.15, -0.1) is 0 Å². The molecule has 3 rings (SSSR count). The zero-order valence-electron chi connectivity index (χ0n) is 14.3. The third-order valence-corrected chi connectivity index (χ3v) is 5.91. The van der Waals surface area contributed by atoms with E-state index in [0.717, 1.165) is 6.20 Å². The molecule has 12 heteroatoms. The van der Waals surface area contributed by atoms with Crippen LogP contribution in [0, 0.1) is 0 Å². The summed E-state index contributed by atoms with van der Waals surface area (Å²) in [5, 5.41) is 5.83. The highest BCUT2D eigenvalue weighted by Crippen LogP contribution is 2.34. The van der Waals surface area contributed by atoms with Crippen molar-refractivity contribution in [3.63, 3.8) is 0 Å². The number of rotatable bonds is 4. The van der Waals surface area contributed by atoms with Crippen molar-refractivity contribution < 1.29 is 22.4 Å². The van der Waals surface area contributed by atoms with Crippen molar-refractivity contribution in [1.82, 2.24) is 25.0 Å². The van der Waals surface area contributed by atoms with Gasteiger partial charge in [-0.2, -0.15) is 18.3 Å². The SMILES string of the molecule is C[C@H]1[C@H](F)C[C@@H](C(=O)NCc2cn(-c3cnc(C(F)(F)F)s3)nc2Cl)N1C. The van der Waals surface area contributed by atoms with Crippen molar-refractivity contribution in [3.8, 4) is 5.00 Å². The van der Waals surface area contributed by atoms with Crippen LogP contribution in [0.25, 0.3) is 5.00 Å². The number of alkyl halides is 4. The van der Waals surface area contributed by atoms with Crippen molar-refractivity contribution >= 4 is 28.8 Å². The molecular weight excluding hydrogens is 410 g/mol. The van der Waals surface area contributed by atoms with Crippen LogP contribution in [0.4, 0.5) is 17.6 Å². The molecule has 6 nitrogen and oxygen atoms in total. The van der Waals surface area contributed by atoms with Gasteiger partial charge in [-0.25, -0.2) is 14.1 Å². The molecule has 27 heavy (non-hydrogen) atoms. The third kappa shape index (κ3) is 4.09. The fourth-order valence-electron chi connectivity index (χ4n) is 2.83. The summed E-state index contributed by atoms with van der Waals surface area (Å²) in [7, 11) is 1.68. The predicted octanol–water partition coefficient (Wildman–Crippen LogP) is 3.05. The van der Waals surface area contributed by atoms with Gasteiger partial charge in [0.1, 0.15) is 11.2 Å².